The van der Waals surface area contributed by atoms with Gasteiger partial charge in [0.15, 0.2) is 0 Å². The standard InChI is InChI=1S/C23H29N3O/c1-3-14-24-23(27)19(2)25-15-17-26(18-16-25)22(20-10-6-4-7-11-20)21-12-8-5-9-13-21/h3-13,19,22H,1,14-18H2,2H3,(H,24,27)/t19-/m0/s1. The summed E-state index contributed by atoms with van der Waals surface area (Å²) in [7, 11) is 0. The van der Waals surface area contributed by atoms with Crippen LogP contribution in [0, 0.1) is 0 Å². The molecule has 4 heteroatoms. The van der Waals surface area contributed by atoms with Crippen molar-refractivity contribution in [3.63, 3.8) is 0 Å². The van der Waals surface area contributed by atoms with E-state index in [9.17, 15) is 4.79 Å². The van der Waals surface area contributed by atoms with Gasteiger partial charge in [-0.2, -0.15) is 0 Å². The number of benzene rings is 2. The van der Waals surface area contributed by atoms with E-state index in [1.807, 2.05) is 6.92 Å². The van der Waals surface area contributed by atoms with Crippen LogP contribution in [-0.2, 0) is 4.79 Å². The second-order valence-electron chi connectivity index (χ2n) is 7.01. The molecule has 0 spiro atoms. The van der Waals surface area contributed by atoms with Crippen molar-refractivity contribution in [1.29, 1.82) is 0 Å². The van der Waals surface area contributed by atoms with E-state index in [1.165, 1.54) is 11.1 Å². The zero-order valence-electron chi connectivity index (χ0n) is 16.1. The fourth-order valence-corrected chi connectivity index (χ4v) is 3.75. The molecule has 0 aliphatic carbocycles. The molecular weight excluding hydrogens is 334 g/mol. The molecule has 3 rings (SSSR count). The quantitative estimate of drug-likeness (QED) is 0.768. The van der Waals surface area contributed by atoms with Crippen LogP contribution in [0.5, 0.6) is 0 Å². The number of nitrogens with one attached hydrogen (secondary N) is 1. The van der Waals surface area contributed by atoms with Crippen LogP contribution in [0.3, 0.4) is 0 Å². The van der Waals surface area contributed by atoms with Gasteiger partial charge in [-0.1, -0.05) is 66.7 Å². The molecule has 1 heterocycles. The fourth-order valence-electron chi connectivity index (χ4n) is 3.75. The minimum atomic E-state index is -0.112. The second-order valence-corrected chi connectivity index (χ2v) is 7.01. The van der Waals surface area contributed by atoms with Crippen molar-refractivity contribution in [1.82, 2.24) is 15.1 Å². The van der Waals surface area contributed by atoms with E-state index in [0.717, 1.165) is 26.2 Å². The number of piperazine rings is 1. The van der Waals surface area contributed by atoms with Crippen LogP contribution in [0.1, 0.15) is 24.1 Å². The topological polar surface area (TPSA) is 35.6 Å². The highest BCUT2D eigenvalue weighted by Gasteiger charge is 2.29. The Bertz CT molecular complexity index is 684. The highest BCUT2D eigenvalue weighted by atomic mass is 16.2. The molecule has 1 aliphatic rings. The van der Waals surface area contributed by atoms with Crippen LogP contribution in [-0.4, -0.2) is 54.5 Å². The first-order valence-corrected chi connectivity index (χ1v) is 9.67. The van der Waals surface area contributed by atoms with Crippen molar-refractivity contribution in [2.75, 3.05) is 32.7 Å². The summed E-state index contributed by atoms with van der Waals surface area (Å²) in [5.74, 6) is 0.0750. The van der Waals surface area contributed by atoms with Crippen LogP contribution < -0.4 is 5.32 Å². The third kappa shape index (κ3) is 4.85. The Balaban J connectivity index is 1.70. The number of carbonyl (C=O) groups is 1. The molecule has 4 nitrogen and oxygen atoms in total. The summed E-state index contributed by atoms with van der Waals surface area (Å²) in [6, 6.07) is 21.5. The molecule has 0 unspecified atom stereocenters. The summed E-state index contributed by atoms with van der Waals surface area (Å²) in [4.78, 5) is 17.0. The zero-order valence-corrected chi connectivity index (χ0v) is 16.1. The monoisotopic (exact) mass is 363 g/mol. The largest absolute Gasteiger partial charge is 0.351 e. The second kappa shape index (κ2) is 9.49. The molecule has 1 saturated heterocycles. The smallest absolute Gasteiger partial charge is 0.237 e. The highest BCUT2D eigenvalue weighted by Crippen LogP contribution is 2.29. The van der Waals surface area contributed by atoms with Gasteiger partial charge in [-0.05, 0) is 18.1 Å². The molecule has 2 aromatic carbocycles. The Kier molecular flexibility index (Phi) is 6.80. The van der Waals surface area contributed by atoms with Crippen LogP contribution in [0.4, 0.5) is 0 Å². The van der Waals surface area contributed by atoms with Gasteiger partial charge in [0.2, 0.25) is 5.91 Å². The predicted molar refractivity (Wildman–Crippen MR) is 111 cm³/mol. The Labute approximate surface area is 162 Å². The van der Waals surface area contributed by atoms with Gasteiger partial charge in [-0.3, -0.25) is 14.6 Å². The van der Waals surface area contributed by atoms with E-state index in [4.69, 9.17) is 0 Å². The first-order chi connectivity index (χ1) is 13.2. The SMILES string of the molecule is C=CCNC(=O)[C@H](C)N1CCN(C(c2ccccc2)c2ccccc2)CC1. The number of hydrogen-bond acceptors (Lipinski definition) is 3. The molecule has 2 aromatic rings. The molecule has 1 amide bonds. The summed E-state index contributed by atoms with van der Waals surface area (Å²) in [6.45, 7) is 9.82. The molecule has 142 valence electrons. The first-order valence-electron chi connectivity index (χ1n) is 9.67. The van der Waals surface area contributed by atoms with Crippen LogP contribution >= 0.6 is 0 Å². The lowest BCUT2D eigenvalue weighted by molar-refractivity contribution is -0.126. The van der Waals surface area contributed by atoms with Crippen molar-refractivity contribution in [3.05, 3.63) is 84.4 Å². The Hall–Kier alpha value is -2.43. The number of rotatable bonds is 7. The maximum absolute atomic E-state index is 12.2. The summed E-state index contributed by atoms with van der Waals surface area (Å²) < 4.78 is 0. The maximum Gasteiger partial charge on any atom is 0.237 e. The van der Waals surface area contributed by atoms with Gasteiger partial charge < -0.3 is 5.32 Å². The van der Waals surface area contributed by atoms with E-state index in [1.54, 1.807) is 6.08 Å². The lowest BCUT2D eigenvalue weighted by Gasteiger charge is -2.41. The number of nitrogens with zero attached hydrogens (tertiary/aromatic N) is 2. The molecule has 0 radical (unpaired) electrons. The van der Waals surface area contributed by atoms with Gasteiger partial charge in [0, 0.05) is 32.7 Å². The Morgan fingerprint density at radius 3 is 1.93 bits per heavy atom. The third-order valence-corrected chi connectivity index (χ3v) is 5.29. The van der Waals surface area contributed by atoms with Crippen molar-refractivity contribution in [2.45, 2.75) is 19.0 Å². The number of carbonyl (C=O) groups excluding carboxylic acids is 1. The van der Waals surface area contributed by atoms with Crippen molar-refractivity contribution in [3.8, 4) is 0 Å². The average Bonchev–Trinajstić information content (AvgIpc) is 2.74. The summed E-state index contributed by atoms with van der Waals surface area (Å²) in [6.07, 6.45) is 1.72. The number of hydrogen-bond donors (Lipinski definition) is 1. The van der Waals surface area contributed by atoms with Gasteiger partial charge in [0.1, 0.15) is 0 Å². The van der Waals surface area contributed by atoms with E-state index < -0.39 is 0 Å². The van der Waals surface area contributed by atoms with Crippen molar-refractivity contribution < 1.29 is 4.79 Å². The van der Waals surface area contributed by atoms with Gasteiger partial charge in [0.25, 0.3) is 0 Å². The van der Waals surface area contributed by atoms with Crippen molar-refractivity contribution in [2.24, 2.45) is 0 Å². The van der Waals surface area contributed by atoms with Gasteiger partial charge in [-0.25, -0.2) is 0 Å². The van der Waals surface area contributed by atoms with E-state index in [-0.39, 0.29) is 18.0 Å². The lowest BCUT2D eigenvalue weighted by atomic mass is 9.96. The van der Waals surface area contributed by atoms with Crippen LogP contribution in [0.25, 0.3) is 0 Å². The van der Waals surface area contributed by atoms with Gasteiger partial charge in [-0.15, -0.1) is 6.58 Å². The van der Waals surface area contributed by atoms with Crippen LogP contribution in [0.15, 0.2) is 73.3 Å². The molecule has 1 aliphatic heterocycles. The van der Waals surface area contributed by atoms with E-state index in [2.05, 4.69) is 82.4 Å². The molecular formula is C23H29N3O. The summed E-state index contributed by atoms with van der Waals surface area (Å²) in [5, 5.41) is 2.90. The first kappa shape index (κ1) is 19.3. The molecule has 27 heavy (non-hydrogen) atoms. The van der Waals surface area contributed by atoms with E-state index >= 15 is 0 Å². The van der Waals surface area contributed by atoms with Gasteiger partial charge in [0.05, 0.1) is 12.1 Å². The molecule has 0 bridgehead atoms. The minimum absolute atomic E-state index is 0.0750. The molecule has 1 N–H and O–H groups in total. The Morgan fingerprint density at radius 1 is 0.963 bits per heavy atom. The summed E-state index contributed by atoms with van der Waals surface area (Å²) in [5.41, 5.74) is 2.63. The average molecular weight is 364 g/mol. The zero-order chi connectivity index (χ0) is 19.1. The third-order valence-electron chi connectivity index (χ3n) is 5.29. The summed E-state index contributed by atoms with van der Waals surface area (Å²) >= 11 is 0. The predicted octanol–water partition coefficient (Wildman–Crippen LogP) is 3.08. The normalized spacial score (nSPS) is 16.8. The van der Waals surface area contributed by atoms with Gasteiger partial charge >= 0.3 is 0 Å². The fraction of sp³-hybridized carbons (Fsp3) is 0.348. The molecule has 0 aromatic heterocycles. The maximum atomic E-state index is 12.2. The van der Waals surface area contributed by atoms with E-state index in [0.29, 0.717) is 6.54 Å². The van der Waals surface area contributed by atoms with Crippen LogP contribution in [0.2, 0.25) is 0 Å². The molecule has 0 saturated carbocycles. The lowest BCUT2D eigenvalue weighted by Crippen LogP contribution is -2.54. The minimum Gasteiger partial charge on any atom is -0.351 e. The number of amides is 1. The molecule has 1 atom stereocenters. The molecule has 1 fully saturated rings. The van der Waals surface area contributed by atoms with Crippen molar-refractivity contribution >= 4 is 5.91 Å². The Morgan fingerprint density at radius 2 is 1.44 bits per heavy atom. The highest BCUT2D eigenvalue weighted by molar-refractivity contribution is 5.81.